The van der Waals surface area contributed by atoms with Crippen LogP contribution in [0.25, 0.3) is 0 Å². The van der Waals surface area contributed by atoms with E-state index in [0.29, 0.717) is 0 Å². The molecule has 256 valence electrons. The molecule has 46 heavy (non-hydrogen) atoms. The number of hydrogen-bond acceptors (Lipinski definition) is 0. The Bertz CT molecular complexity index is 1120. The van der Waals surface area contributed by atoms with Gasteiger partial charge in [0.15, 0.2) is 0 Å². The van der Waals surface area contributed by atoms with Crippen LogP contribution in [-0.4, -0.2) is 6.51 Å². The van der Waals surface area contributed by atoms with Crippen LogP contribution in [0.1, 0.15) is 158 Å². The SMILES string of the molecule is CCCCC1=[C]([Hf]([C]2=C(CCCC)C=CC2)=[C](C)C)CC=C1.CCCCC1=[C]([Hf]([C]2=C(CCCC)C=CC2)=[C](C)C)CC=C1.Cl.Cl. The van der Waals surface area contributed by atoms with E-state index in [-0.39, 0.29) is 24.8 Å². The first-order valence-corrected chi connectivity index (χ1v) is 29.1. The zero-order valence-electron chi connectivity index (χ0n) is 30.7. The predicted molar refractivity (Wildman–Crippen MR) is 208 cm³/mol. The van der Waals surface area contributed by atoms with Gasteiger partial charge in [-0.3, -0.25) is 0 Å². The van der Waals surface area contributed by atoms with Crippen LogP contribution >= 0.6 is 24.8 Å². The molecule has 4 aliphatic rings. The number of allylic oxidation sites excluding steroid dienone is 16. The first kappa shape index (κ1) is 44.0. The van der Waals surface area contributed by atoms with Crippen molar-refractivity contribution in [3.05, 3.63) is 84.2 Å². The summed E-state index contributed by atoms with van der Waals surface area (Å²) in [5, 5.41) is 0. The molecule has 0 heterocycles. The van der Waals surface area contributed by atoms with Crippen LogP contribution < -0.4 is 0 Å². The Labute approximate surface area is 312 Å². The first-order valence-electron chi connectivity index (χ1n) is 18.3. The van der Waals surface area contributed by atoms with E-state index in [0.717, 1.165) is 0 Å². The first-order chi connectivity index (χ1) is 21.4. The van der Waals surface area contributed by atoms with Crippen LogP contribution in [0.4, 0.5) is 0 Å². The summed E-state index contributed by atoms with van der Waals surface area (Å²) in [4.78, 5) is 0. The molecule has 0 spiro atoms. The average molecular weight is 999 g/mol. The molecule has 0 fully saturated rings. The molecule has 0 bridgehead atoms. The summed E-state index contributed by atoms with van der Waals surface area (Å²) in [6.07, 6.45) is 40.5. The van der Waals surface area contributed by atoms with Gasteiger partial charge in [0.25, 0.3) is 0 Å². The van der Waals surface area contributed by atoms with Gasteiger partial charge >= 0.3 is 291 Å². The molecule has 0 N–H and O–H groups in total. The van der Waals surface area contributed by atoms with Crippen molar-refractivity contribution in [3.8, 4) is 0 Å². The number of hydrogen-bond donors (Lipinski definition) is 0. The molecular weight excluding hydrogens is 932 g/mol. The molecule has 4 rings (SSSR count). The van der Waals surface area contributed by atoms with E-state index in [4.69, 9.17) is 0 Å². The van der Waals surface area contributed by atoms with Gasteiger partial charge in [-0.05, 0) is 0 Å². The summed E-state index contributed by atoms with van der Waals surface area (Å²) in [7, 11) is 0. The maximum Gasteiger partial charge on any atom is -0.147 e. The van der Waals surface area contributed by atoms with E-state index in [2.05, 4.69) is 104 Å². The fourth-order valence-corrected chi connectivity index (χ4v) is 30.8. The third-order valence-corrected chi connectivity index (χ3v) is 32.9. The monoisotopic (exact) mass is 1000 g/mol. The van der Waals surface area contributed by atoms with E-state index in [1.54, 1.807) is 28.8 Å². The molecule has 0 radical (unpaired) electrons. The van der Waals surface area contributed by atoms with E-state index >= 15 is 0 Å². The molecule has 0 unspecified atom stereocenters. The third kappa shape index (κ3) is 12.7. The quantitative estimate of drug-likeness (QED) is 0.135. The van der Waals surface area contributed by atoms with Crippen molar-refractivity contribution in [2.45, 2.75) is 158 Å². The smallest absolute Gasteiger partial charge is 0.147 e. The summed E-state index contributed by atoms with van der Waals surface area (Å²) in [5.41, 5.74) is 6.89. The van der Waals surface area contributed by atoms with Crippen molar-refractivity contribution < 1.29 is 41.9 Å². The molecule has 0 aromatic rings. The minimum atomic E-state index is -1.94. The third-order valence-electron chi connectivity index (χ3n) is 9.52. The fraction of sp³-hybridized carbons (Fsp3) is 0.571. The summed E-state index contributed by atoms with van der Waals surface area (Å²) >= 11 is -3.88. The van der Waals surface area contributed by atoms with E-state index in [1.165, 1.54) is 103 Å². The van der Waals surface area contributed by atoms with Gasteiger partial charge in [0.1, 0.15) is 0 Å². The Morgan fingerprint density at radius 3 is 0.826 bits per heavy atom. The van der Waals surface area contributed by atoms with E-state index < -0.39 is 41.9 Å². The van der Waals surface area contributed by atoms with Gasteiger partial charge in [-0.2, -0.15) is 0 Å². The Morgan fingerprint density at radius 2 is 0.652 bits per heavy atom. The van der Waals surface area contributed by atoms with Crippen LogP contribution in [0.3, 0.4) is 0 Å². The van der Waals surface area contributed by atoms with Crippen molar-refractivity contribution >= 4 is 31.3 Å². The summed E-state index contributed by atoms with van der Waals surface area (Å²) in [6.45, 7) is 18.9. The molecule has 0 nitrogen and oxygen atoms in total. The number of unbranched alkanes of at least 4 members (excludes halogenated alkanes) is 4. The summed E-state index contributed by atoms with van der Waals surface area (Å²) in [5.74, 6) is 0. The van der Waals surface area contributed by atoms with Crippen LogP contribution in [0.15, 0.2) is 84.2 Å². The molecule has 0 saturated carbocycles. The summed E-state index contributed by atoms with van der Waals surface area (Å²) < 4.78 is 11.2. The van der Waals surface area contributed by atoms with Gasteiger partial charge in [0, 0.05) is 0 Å². The maximum atomic E-state index is 2.45. The van der Waals surface area contributed by atoms with Crippen molar-refractivity contribution in [3.63, 3.8) is 0 Å². The van der Waals surface area contributed by atoms with Crippen LogP contribution in [0.5, 0.6) is 0 Å². The average Bonchev–Trinajstić information content (AvgIpc) is 3.83. The number of rotatable bonds is 16. The molecule has 0 amide bonds. The maximum absolute atomic E-state index is 2.45. The van der Waals surface area contributed by atoms with Crippen molar-refractivity contribution in [2.24, 2.45) is 0 Å². The molecule has 0 aromatic carbocycles. The van der Waals surface area contributed by atoms with Gasteiger partial charge in [-0.25, -0.2) is 0 Å². The zero-order chi connectivity index (χ0) is 31.9. The topological polar surface area (TPSA) is 0 Å². The minimum absolute atomic E-state index is 0. The molecule has 0 saturated heterocycles. The van der Waals surface area contributed by atoms with Crippen molar-refractivity contribution in [1.82, 2.24) is 0 Å². The zero-order valence-corrected chi connectivity index (χ0v) is 39.6. The van der Waals surface area contributed by atoms with Crippen LogP contribution in [0, 0.1) is 0 Å². The predicted octanol–water partition coefficient (Wildman–Crippen LogP) is 14.1. The van der Waals surface area contributed by atoms with Crippen LogP contribution in [0.2, 0.25) is 0 Å². The van der Waals surface area contributed by atoms with E-state index in [9.17, 15) is 0 Å². The second-order valence-corrected chi connectivity index (χ2v) is 34.9. The Hall–Kier alpha value is -0.0197. The number of halogens is 2. The van der Waals surface area contributed by atoms with Gasteiger partial charge in [-0.1, -0.05) is 0 Å². The van der Waals surface area contributed by atoms with E-state index in [1.807, 2.05) is 13.3 Å². The molecular formula is C42H66Cl2Hf2. The van der Waals surface area contributed by atoms with Crippen molar-refractivity contribution in [1.29, 1.82) is 0 Å². The second-order valence-electron chi connectivity index (χ2n) is 13.6. The van der Waals surface area contributed by atoms with Gasteiger partial charge < -0.3 is 0 Å². The normalized spacial score (nSPS) is 16.3. The van der Waals surface area contributed by atoms with Gasteiger partial charge in [0.2, 0.25) is 0 Å². The van der Waals surface area contributed by atoms with Gasteiger partial charge in [-0.15, -0.1) is 24.8 Å². The Kier molecular flexibility index (Phi) is 23.1. The van der Waals surface area contributed by atoms with Gasteiger partial charge in [0.05, 0.1) is 0 Å². The summed E-state index contributed by atoms with van der Waals surface area (Å²) in [6, 6.07) is 0. The molecule has 0 aliphatic heterocycles. The molecule has 0 atom stereocenters. The Balaban J connectivity index is 0.000000441. The minimum Gasteiger partial charge on any atom is -0.147 e. The van der Waals surface area contributed by atoms with Crippen molar-refractivity contribution in [2.75, 3.05) is 0 Å². The fourth-order valence-electron chi connectivity index (χ4n) is 7.23. The second kappa shape index (κ2) is 24.2. The Morgan fingerprint density at radius 1 is 0.435 bits per heavy atom. The largest absolute Gasteiger partial charge is 0.147 e. The molecule has 4 heteroatoms. The molecule has 4 aliphatic carbocycles. The molecule has 0 aromatic heterocycles. The standard InChI is InChI=1S/4C9H13.2C3H6.2ClH.2Hf/c4*1-2-3-6-9-7-4-5-8-9;2*1-3-2;;;;/h4*4,7H,2-3,5-6H2,1H3;2*1-2H3;2*1H;;. The van der Waals surface area contributed by atoms with Crippen LogP contribution in [-0.2, 0) is 41.9 Å².